The first kappa shape index (κ1) is 17.5. The Labute approximate surface area is 167 Å². The monoisotopic (exact) mass is 388 g/mol. The second-order valence-electron chi connectivity index (χ2n) is 7.16. The zero-order chi connectivity index (χ0) is 19.6. The van der Waals surface area contributed by atoms with Crippen LogP contribution in [0, 0.1) is 12.8 Å². The molecule has 0 bridgehead atoms. The molecule has 1 aliphatic carbocycles. The molecule has 1 saturated carbocycles. The van der Waals surface area contributed by atoms with Crippen LogP contribution in [0.25, 0.3) is 11.4 Å². The highest BCUT2D eigenvalue weighted by atomic mass is 16.5. The van der Waals surface area contributed by atoms with Crippen molar-refractivity contribution in [3.05, 3.63) is 53.8 Å². The van der Waals surface area contributed by atoms with Gasteiger partial charge in [-0.25, -0.2) is 4.98 Å². The van der Waals surface area contributed by atoms with Crippen molar-refractivity contribution < 1.29 is 4.52 Å². The molecular weight excluding hydrogens is 368 g/mol. The first-order chi connectivity index (χ1) is 14.2. The fourth-order valence-electron chi connectivity index (χ4n) is 3.18. The van der Waals surface area contributed by atoms with E-state index >= 15 is 0 Å². The number of aliphatic imine (C=N–C) groups is 1. The first-order valence-corrected chi connectivity index (χ1v) is 9.56. The Morgan fingerprint density at radius 2 is 2.07 bits per heavy atom. The van der Waals surface area contributed by atoms with Crippen molar-refractivity contribution in [2.45, 2.75) is 26.3 Å². The molecule has 2 aliphatic rings. The van der Waals surface area contributed by atoms with Crippen molar-refractivity contribution in [3.8, 4) is 11.4 Å². The van der Waals surface area contributed by atoms with Gasteiger partial charge in [0.1, 0.15) is 23.0 Å². The molecule has 0 aromatic carbocycles. The van der Waals surface area contributed by atoms with Gasteiger partial charge in [0.25, 0.3) is 0 Å². The molecule has 0 unspecified atom stereocenters. The minimum absolute atomic E-state index is 0.406. The van der Waals surface area contributed by atoms with Crippen molar-refractivity contribution in [2.24, 2.45) is 10.9 Å². The molecule has 29 heavy (non-hydrogen) atoms. The van der Waals surface area contributed by atoms with Crippen molar-refractivity contribution in [2.75, 3.05) is 17.2 Å². The van der Waals surface area contributed by atoms with Gasteiger partial charge in [-0.15, -0.1) is 0 Å². The lowest BCUT2D eigenvalue weighted by atomic mass is 10.2. The van der Waals surface area contributed by atoms with E-state index in [4.69, 9.17) is 4.52 Å². The number of aromatic nitrogens is 5. The second kappa shape index (κ2) is 7.42. The summed E-state index contributed by atoms with van der Waals surface area (Å²) in [5.41, 5.74) is 3.57. The third-order valence-corrected chi connectivity index (χ3v) is 4.77. The van der Waals surface area contributed by atoms with Gasteiger partial charge in [0, 0.05) is 30.2 Å². The maximum absolute atomic E-state index is 5.37. The van der Waals surface area contributed by atoms with Gasteiger partial charge in [-0.3, -0.25) is 15.0 Å². The van der Waals surface area contributed by atoms with Crippen LogP contribution in [-0.2, 0) is 6.54 Å². The lowest BCUT2D eigenvalue weighted by Crippen LogP contribution is -2.11. The third kappa shape index (κ3) is 4.13. The van der Waals surface area contributed by atoms with E-state index in [-0.39, 0.29) is 0 Å². The normalized spacial score (nSPS) is 15.8. The van der Waals surface area contributed by atoms with Gasteiger partial charge in [-0.2, -0.15) is 4.98 Å². The molecule has 0 amide bonds. The van der Waals surface area contributed by atoms with Gasteiger partial charge >= 0.3 is 0 Å². The molecule has 0 saturated heterocycles. The fraction of sp³-hybridized carbons (Fsp3) is 0.300. The molecule has 9 nitrogen and oxygen atoms in total. The summed E-state index contributed by atoms with van der Waals surface area (Å²) in [6, 6.07) is 3.72. The predicted molar refractivity (Wildman–Crippen MR) is 108 cm³/mol. The molecule has 146 valence electrons. The van der Waals surface area contributed by atoms with Crippen LogP contribution in [0.15, 0.2) is 51.9 Å². The molecule has 1 aliphatic heterocycles. The van der Waals surface area contributed by atoms with E-state index in [1.807, 2.05) is 19.1 Å². The summed E-state index contributed by atoms with van der Waals surface area (Å²) in [4.78, 5) is 21.8. The summed E-state index contributed by atoms with van der Waals surface area (Å²) in [6.45, 7) is 3.13. The SMILES string of the molecule is Cc1cc(NC2=NCC(C3CC3)=C2)nc(NCc2cc(-c3cnccn3)no2)n1. The van der Waals surface area contributed by atoms with E-state index in [0.717, 1.165) is 24.0 Å². The molecule has 2 N–H and O–H groups in total. The number of nitrogens with zero attached hydrogens (tertiary/aromatic N) is 6. The Morgan fingerprint density at radius 1 is 1.14 bits per heavy atom. The highest BCUT2D eigenvalue weighted by Gasteiger charge is 2.27. The number of hydrogen-bond acceptors (Lipinski definition) is 9. The molecule has 3 aromatic rings. The maximum atomic E-state index is 5.37. The number of hydrogen-bond donors (Lipinski definition) is 2. The average molecular weight is 388 g/mol. The highest BCUT2D eigenvalue weighted by molar-refractivity contribution is 6.05. The zero-order valence-electron chi connectivity index (χ0n) is 16.0. The van der Waals surface area contributed by atoms with Crippen LogP contribution >= 0.6 is 0 Å². The summed E-state index contributed by atoms with van der Waals surface area (Å²) >= 11 is 0. The quantitative estimate of drug-likeness (QED) is 0.662. The Kier molecular flexibility index (Phi) is 4.47. The second-order valence-corrected chi connectivity index (χ2v) is 7.16. The topological polar surface area (TPSA) is 114 Å². The highest BCUT2D eigenvalue weighted by Crippen LogP contribution is 2.37. The van der Waals surface area contributed by atoms with E-state index < -0.39 is 0 Å². The van der Waals surface area contributed by atoms with E-state index in [1.54, 1.807) is 18.6 Å². The minimum Gasteiger partial charge on any atom is -0.359 e. The first-order valence-electron chi connectivity index (χ1n) is 9.56. The van der Waals surface area contributed by atoms with Crippen LogP contribution in [0.1, 0.15) is 24.3 Å². The molecule has 4 heterocycles. The Hall–Kier alpha value is -3.62. The van der Waals surface area contributed by atoms with Gasteiger partial charge in [-0.1, -0.05) is 5.16 Å². The van der Waals surface area contributed by atoms with Gasteiger partial charge in [0.2, 0.25) is 5.95 Å². The average Bonchev–Trinajstić information content (AvgIpc) is 3.29. The van der Waals surface area contributed by atoms with E-state index in [1.165, 1.54) is 18.4 Å². The van der Waals surface area contributed by atoms with Crippen LogP contribution in [0.3, 0.4) is 0 Å². The van der Waals surface area contributed by atoms with Crippen molar-refractivity contribution in [3.63, 3.8) is 0 Å². The molecular formula is C20H20N8O. The summed E-state index contributed by atoms with van der Waals surface area (Å²) in [7, 11) is 0. The molecule has 1 fully saturated rings. The van der Waals surface area contributed by atoms with Crippen molar-refractivity contribution in [1.82, 2.24) is 25.1 Å². The number of aryl methyl sites for hydroxylation is 1. The summed E-state index contributed by atoms with van der Waals surface area (Å²) in [5.74, 6) is 3.47. The van der Waals surface area contributed by atoms with E-state index in [0.29, 0.717) is 35.5 Å². The van der Waals surface area contributed by atoms with Gasteiger partial charge < -0.3 is 15.2 Å². The molecule has 0 radical (unpaired) electrons. The van der Waals surface area contributed by atoms with Gasteiger partial charge in [0.15, 0.2) is 5.76 Å². The summed E-state index contributed by atoms with van der Waals surface area (Å²) < 4.78 is 5.37. The maximum Gasteiger partial charge on any atom is 0.225 e. The molecule has 0 spiro atoms. The minimum atomic E-state index is 0.406. The smallest absolute Gasteiger partial charge is 0.225 e. The fourth-order valence-corrected chi connectivity index (χ4v) is 3.18. The molecule has 3 aromatic heterocycles. The largest absolute Gasteiger partial charge is 0.359 e. The Bertz CT molecular complexity index is 1080. The Balaban J connectivity index is 1.24. The number of anilines is 2. The number of nitrogens with one attached hydrogen (secondary N) is 2. The van der Waals surface area contributed by atoms with Crippen molar-refractivity contribution >= 4 is 17.6 Å². The molecule has 9 heteroatoms. The predicted octanol–water partition coefficient (Wildman–Crippen LogP) is 3.00. The molecule has 0 atom stereocenters. The zero-order valence-corrected chi connectivity index (χ0v) is 16.0. The van der Waals surface area contributed by atoms with Crippen LogP contribution in [-0.4, -0.2) is 37.5 Å². The van der Waals surface area contributed by atoms with Crippen LogP contribution in [0.4, 0.5) is 11.8 Å². The number of amidine groups is 1. The van der Waals surface area contributed by atoms with E-state index in [9.17, 15) is 0 Å². The van der Waals surface area contributed by atoms with Crippen molar-refractivity contribution in [1.29, 1.82) is 0 Å². The lowest BCUT2D eigenvalue weighted by Gasteiger charge is -2.08. The van der Waals surface area contributed by atoms with Gasteiger partial charge in [0.05, 0.1) is 19.3 Å². The van der Waals surface area contributed by atoms with E-state index in [2.05, 4.69) is 46.8 Å². The van der Waals surface area contributed by atoms with Crippen LogP contribution in [0.2, 0.25) is 0 Å². The summed E-state index contributed by atoms with van der Waals surface area (Å²) in [5, 5.41) is 10.5. The number of rotatable bonds is 6. The van der Waals surface area contributed by atoms with Crippen LogP contribution in [0.5, 0.6) is 0 Å². The molecule has 5 rings (SSSR count). The summed E-state index contributed by atoms with van der Waals surface area (Å²) in [6.07, 6.45) is 9.60. The lowest BCUT2D eigenvalue weighted by molar-refractivity contribution is 0.389. The Morgan fingerprint density at radius 3 is 2.90 bits per heavy atom. The van der Waals surface area contributed by atoms with Crippen LogP contribution < -0.4 is 10.6 Å². The van der Waals surface area contributed by atoms with Gasteiger partial charge in [-0.05, 0) is 37.3 Å². The third-order valence-electron chi connectivity index (χ3n) is 4.77. The standard InChI is InChI=1S/C20H20N8O/c1-12-6-19(26-18-7-14(9-23-18)13-2-3-13)27-20(25-12)24-10-15-8-16(28-29-15)17-11-21-4-5-22-17/h4-8,11,13H,2-3,9-10H2,1H3,(H2,23,24,25,26,27).